The van der Waals surface area contributed by atoms with Crippen molar-refractivity contribution in [3.63, 3.8) is 0 Å². The number of nitrogen functional groups attached to an aromatic ring is 1. The van der Waals surface area contributed by atoms with Gasteiger partial charge >= 0.3 is 0 Å². The van der Waals surface area contributed by atoms with E-state index >= 15 is 0 Å². The lowest BCUT2D eigenvalue weighted by Crippen LogP contribution is -2.15. The molecule has 3 heteroatoms. The van der Waals surface area contributed by atoms with Crippen LogP contribution in [0, 0.1) is 17.2 Å². The molecule has 1 aromatic rings. The molecule has 0 heterocycles. The monoisotopic (exact) mass is 230 g/mol. The fourth-order valence-corrected chi connectivity index (χ4v) is 2.29. The van der Waals surface area contributed by atoms with Crippen LogP contribution in [-0.4, -0.2) is 6.61 Å². The van der Waals surface area contributed by atoms with Gasteiger partial charge in [-0.25, -0.2) is 0 Å². The first kappa shape index (κ1) is 11.8. The van der Waals surface area contributed by atoms with Crippen molar-refractivity contribution in [3.8, 4) is 11.8 Å². The topological polar surface area (TPSA) is 59.0 Å². The molecule has 0 radical (unpaired) electrons. The molecule has 3 nitrogen and oxygen atoms in total. The molecule has 0 aromatic heterocycles. The van der Waals surface area contributed by atoms with Gasteiger partial charge in [0.2, 0.25) is 0 Å². The maximum Gasteiger partial charge on any atom is 0.143 e. The maximum atomic E-state index is 8.82. The van der Waals surface area contributed by atoms with Crippen LogP contribution < -0.4 is 10.5 Å². The number of nitrogens with zero attached hydrogens (tertiary/aromatic N) is 1. The van der Waals surface area contributed by atoms with Crippen LogP contribution >= 0.6 is 0 Å². The van der Waals surface area contributed by atoms with Crippen LogP contribution in [0.2, 0.25) is 0 Å². The Hall–Kier alpha value is -1.69. The van der Waals surface area contributed by atoms with E-state index in [9.17, 15) is 0 Å². The van der Waals surface area contributed by atoms with Crippen LogP contribution in [0.3, 0.4) is 0 Å². The molecule has 2 N–H and O–H groups in total. The van der Waals surface area contributed by atoms with E-state index in [1.54, 1.807) is 18.2 Å². The molecule has 0 aliphatic heterocycles. The number of hydrogen-bond donors (Lipinski definition) is 1. The van der Waals surface area contributed by atoms with Gasteiger partial charge in [0.1, 0.15) is 5.75 Å². The highest BCUT2D eigenvalue weighted by molar-refractivity contribution is 5.56. The molecule has 0 spiro atoms. The lowest BCUT2D eigenvalue weighted by atomic mass is 9.90. The molecule has 1 fully saturated rings. The largest absolute Gasteiger partial charge is 0.491 e. The molecule has 0 unspecified atom stereocenters. The summed E-state index contributed by atoms with van der Waals surface area (Å²) in [6, 6.07) is 7.26. The molecular formula is C14H18N2O. The summed E-state index contributed by atoms with van der Waals surface area (Å²) >= 11 is 0. The molecule has 90 valence electrons. The highest BCUT2D eigenvalue weighted by atomic mass is 16.5. The zero-order valence-electron chi connectivity index (χ0n) is 9.98. The van der Waals surface area contributed by atoms with E-state index in [1.165, 1.54) is 32.1 Å². The Bertz CT molecular complexity index is 417. The summed E-state index contributed by atoms with van der Waals surface area (Å²) < 4.78 is 5.74. The van der Waals surface area contributed by atoms with Gasteiger partial charge < -0.3 is 10.5 Å². The van der Waals surface area contributed by atoms with Gasteiger partial charge in [-0.05, 0) is 30.9 Å². The number of anilines is 1. The molecule has 1 aliphatic rings. The third-order valence-corrected chi connectivity index (χ3v) is 3.34. The molecule has 17 heavy (non-hydrogen) atoms. The van der Waals surface area contributed by atoms with Gasteiger partial charge in [-0.2, -0.15) is 5.26 Å². The van der Waals surface area contributed by atoms with Crippen molar-refractivity contribution in [1.29, 1.82) is 5.26 Å². The molecule has 0 amide bonds. The highest BCUT2D eigenvalue weighted by Gasteiger charge is 2.14. The number of nitrogens with two attached hydrogens (primary N) is 1. The third-order valence-electron chi connectivity index (χ3n) is 3.34. The van der Waals surface area contributed by atoms with Gasteiger partial charge in [0.05, 0.1) is 23.9 Å². The minimum atomic E-state index is 0.595. The van der Waals surface area contributed by atoms with Crippen LogP contribution in [0.15, 0.2) is 18.2 Å². The Labute approximate surface area is 102 Å². The first-order chi connectivity index (χ1) is 8.29. The molecule has 1 aliphatic carbocycles. The number of benzene rings is 1. The second kappa shape index (κ2) is 5.58. The maximum absolute atomic E-state index is 8.82. The Morgan fingerprint density at radius 3 is 2.76 bits per heavy atom. The number of ether oxygens (including phenoxy) is 1. The summed E-state index contributed by atoms with van der Waals surface area (Å²) in [6.45, 7) is 0.721. The zero-order valence-corrected chi connectivity index (χ0v) is 9.98. The van der Waals surface area contributed by atoms with E-state index < -0.39 is 0 Å². The SMILES string of the molecule is N#Cc1ccc(N)c(OCC2CCCCC2)c1. The number of nitriles is 1. The quantitative estimate of drug-likeness (QED) is 0.812. The van der Waals surface area contributed by atoms with E-state index in [-0.39, 0.29) is 0 Å². The molecule has 2 rings (SSSR count). The van der Waals surface area contributed by atoms with E-state index in [0.717, 1.165) is 6.61 Å². The summed E-state index contributed by atoms with van der Waals surface area (Å²) in [6.07, 6.45) is 6.46. The fourth-order valence-electron chi connectivity index (χ4n) is 2.29. The van der Waals surface area contributed by atoms with E-state index in [4.69, 9.17) is 15.7 Å². The smallest absolute Gasteiger partial charge is 0.143 e. The zero-order chi connectivity index (χ0) is 12.1. The lowest BCUT2D eigenvalue weighted by molar-refractivity contribution is 0.209. The van der Waals surface area contributed by atoms with Gasteiger partial charge in [-0.15, -0.1) is 0 Å². The fraction of sp³-hybridized carbons (Fsp3) is 0.500. The Morgan fingerprint density at radius 1 is 1.29 bits per heavy atom. The third kappa shape index (κ3) is 3.13. The average Bonchev–Trinajstić information content (AvgIpc) is 2.39. The van der Waals surface area contributed by atoms with E-state index in [2.05, 4.69) is 6.07 Å². The second-order valence-corrected chi connectivity index (χ2v) is 4.68. The van der Waals surface area contributed by atoms with Crippen molar-refractivity contribution in [2.75, 3.05) is 12.3 Å². The first-order valence-electron chi connectivity index (χ1n) is 6.22. The van der Waals surface area contributed by atoms with Crippen LogP contribution in [-0.2, 0) is 0 Å². The molecular weight excluding hydrogens is 212 g/mol. The number of rotatable bonds is 3. The van der Waals surface area contributed by atoms with Crippen molar-refractivity contribution in [3.05, 3.63) is 23.8 Å². The predicted octanol–water partition coefficient (Wildman–Crippen LogP) is 3.10. The van der Waals surface area contributed by atoms with Crippen molar-refractivity contribution in [2.45, 2.75) is 32.1 Å². The Kier molecular flexibility index (Phi) is 3.87. The van der Waals surface area contributed by atoms with Crippen LogP contribution in [0.25, 0.3) is 0 Å². The summed E-state index contributed by atoms with van der Waals surface area (Å²) in [5, 5.41) is 8.82. The molecule has 1 saturated carbocycles. The molecule has 1 aromatic carbocycles. The van der Waals surface area contributed by atoms with Crippen molar-refractivity contribution in [1.82, 2.24) is 0 Å². The first-order valence-corrected chi connectivity index (χ1v) is 6.22. The van der Waals surface area contributed by atoms with Gasteiger partial charge in [-0.3, -0.25) is 0 Å². The second-order valence-electron chi connectivity index (χ2n) is 4.68. The highest BCUT2D eigenvalue weighted by Crippen LogP contribution is 2.27. The van der Waals surface area contributed by atoms with Crippen molar-refractivity contribution < 1.29 is 4.74 Å². The van der Waals surface area contributed by atoms with Crippen molar-refractivity contribution in [2.24, 2.45) is 5.92 Å². The number of hydrogen-bond acceptors (Lipinski definition) is 3. The normalized spacial score (nSPS) is 16.4. The predicted molar refractivity (Wildman–Crippen MR) is 67.6 cm³/mol. The average molecular weight is 230 g/mol. The van der Waals surface area contributed by atoms with E-state index in [0.29, 0.717) is 22.9 Å². The summed E-state index contributed by atoms with van der Waals surface area (Å²) in [7, 11) is 0. The van der Waals surface area contributed by atoms with Gasteiger partial charge in [0, 0.05) is 6.07 Å². The molecule has 0 bridgehead atoms. The minimum absolute atomic E-state index is 0.595. The van der Waals surface area contributed by atoms with E-state index in [1.807, 2.05) is 0 Å². The summed E-state index contributed by atoms with van der Waals surface area (Å²) in [4.78, 5) is 0. The summed E-state index contributed by atoms with van der Waals surface area (Å²) in [5.74, 6) is 1.29. The Morgan fingerprint density at radius 2 is 2.06 bits per heavy atom. The molecule has 0 saturated heterocycles. The lowest BCUT2D eigenvalue weighted by Gasteiger charge is -2.22. The van der Waals surface area contributed by atoms with Crippen LogP contribution in [0.5, 0.6) is 5.75 Å². The van der Waals surface area contributed by atoms with Crippen molar-refractivity contribution >= 4 is 5.69 Å². The Balaban J connectivity index is 1.95. The standard InChI is InChI=1S/C14H18N2O/c15-9-12-6-7-13(16)14(8-12)17-10-11-4-2-1-3-5-11/h6-8,11H,1-5,10,16H2. The minimum Gasteiger partial charge on any atom is -0.491 e. The van der Waals surface area contributed by atoms with Crippen LogP contribution in [0.4, 0.5) is 5.69 Å². The summed E-state index contributed by atoms with van der Waals surface area (Å²) in [5.41, 5.74) is 7.03. The van der Waals surface area contributed by atoms with Gasteiger partial charge in [0.15, 0.2) is 0 Å². The van der Waals surface area contributed by atoms with Gasteiger partial charge in [0.25, 0.3) is 0 Å². The molecule has 0 atom stereocenters. The van der Waals surface area contributed by atoms with Crippen LogP contribution in [0.1, 0.15) is 37.7 Å². The van der Waals surface area contributed by atoms with Gasteiger partial charge in [-0.1, -0.05) is 19.3 Å².